The highest BCUT2D eigenvalue weighted by Gasteiger charge is 2.14. The predicted octanol–water partition coefficient (Wildman–Crippen LogP) is 4.03. The molecule has 3 rings (SSSR count). The van der Waals surface area contributed by atoms with Gasteiger partial charge in [-0.3, -0.25) is 0 Å². The number of methoxy groups -OCH3 is 2. The second-order valence-electron chi connectivity index (χ2n) is 5.08. The molecule has 2 aromatic carbocycles. The van der Waals surface area contributed by atoms with Crippen molar-refractivity contribution in [2.75, 3.05) is 14.2 Å². The van der Waals surface area contributed by atoms with Gasteiger partial charge in [0, 0.05) is 10.9 Å². The Balaban J connectivity index is 2.22. The quantitative estimate of drug-likeness (QED) is 0.792. The van der Waals surface area contributed by atoms with Gasteiger partial charge in [0.25, 0.3) is 0 Å². The molecule has 1 heterocycles. The molecule has 1 aromatic heterocycles. The molecule has 1 N–H and O–H groups in total. The van der Waals surface area contributed by atoms with E-state index in [4.69, 9.17) is 9.47 Å². The Morgan fingerprint density at radius 2 is 1.86 bits per heavy atom. The fraction of sp³-hybridized carbons (Fsp3) is 0.167. The summed E-state index contributed by atoms with van der Waals surface area (Å²) in [6.07, 6.45) is 0. The summed E-state index contributed by atoms with van der Waals surface area (Å²) in [4.78, 5) is 3.33. The Labute approximate surface area is 128 Å². The molecule has 0 spiro atoms. The number of aryl methyl sites for hydroxylation is 1. The minimum Gasteiger partial charge on any atom is -0.497 e. The summed E-state index contributed by atoms with van der Waals surface area (Å²) in [6, 6.07) is 13.9. The van der Waals surface area contributed by atoms with Crippen LogP contribution in [0.3, 0.4) is 0 Å². The van der Waals surface area contributed by atoms with E-state index in [0.29, 0.717) is 5.56 Å². The lowest BCUT2D eigenvalue weighted by atomic mass is 10.0. The van der Waals surface area contributed by atoms with Gasteiger partial charge in [-0.15, -0.1) is 0 Å². The standard InChI is InChI=1S/C18H16N2O2/c1-11-8-12(4-7-17(11)22-3)18-15(10-19)14-9-13(21-2)5-6-16(14)20-18/h4-9,20H,1-3H3. The largest absolute Gasteiger partial charge is 0.497 e. The lowest BCUT2D eigenvalue weighted by molar-refractivity contribution is 0.412. The van der Waals surface area contributed by atoms with E-state index in [0.717, 1.165) is 39.2 Å². The Hall–Kier alpha value is -2.93. The van der Waals surface area contributed by atoms with Crippen molar-refractivity contribution in [1.82, 2.24) is 4.98 Å². The van der Waals surface area contributed by atoms with Gasteiger partial charge >= 0.3 is 0 Å². The molecule has 3 aromatic rings. The van der Waals surface area contributed by atoms with E-state index in [9.17, 15) is 5.26 Å². The minimum absolute atomic E-state index is 0.624. The maximum absolute atomic E-state index is 9.56. The van der Waals surface area contributed by atoms with E-state index >= 15 is 0 Å². The van der Waals surface area contributed by atoms with Crippen LogP contribution in [0, 0.1) is 18.3 Å². The third kappa shape index (κ3) is 2.17. The number of aromatic amines is 1. The maximum atomic E-state index is 9.56. The molecule has 4 nitrogen and oxygen atoms in total. The zero-order chi connectivity index (χ0) is 15.7. The fourth-order valence-corrected chi connectivity index (χ4v) is 2.66. The highest BCUT2D eigenvalue weighted by molar-refractivity contribution is 5.94. The van der Waals surface area contributed by atoms with E-state index in [-0.39, 0.29) is 0 Å². The number of hydrogen-bond donors (Lipinski definition) is 1. The molecular formula is C18H16N2O2. The van der Waals surface area contributed by atoms with Crippen LogP contribution in [0.1, 0.15) is 11.1 Å². The summed E-state index contributed by atoms with van der Waals surface area (Å²) < 4.78 is 10.5. The molecule has 0 aliphatic heterocycles. The normalized spacial score (nSPS) is 10.5. The summed E-state index contributed by atoms with van der Waals surface area (Å²) in [5.74, 6) is 1.57. The predicted molar refractivity (Wildman–Crippen MR) is 86.3 cm³/mol. The van der Waals surface area contributed by atoms with E-state index in [1.165, 1.54) is 0 Å². The van der Waals surface area contributed by atoms with Crippen molar-refractivity contribution in [3.63, 3.8) is 0 Å². The molecule has 0 radical (unpaired) electrons. The van der Waals surface area contributed by atoms with Crippen LogP contribution in [0.5, 0.6) is 11.5 Å². The van der Waals surface area contributed by atoms with E-state index < -0.39 is 0 Å². The number of nitrogens with one attached hydrogen (secondary N) is 1. The summed E-state index contributed by atoms with van der Waals surface area (Å²) in [6.45, 7) is 1.99. The highest BCUT2D eigenvalue weighted by Crippen LogP contribution is 2.33. The van der Waals surface area contributed by atoms with Crippen LogP contribution in [0.2, 0.25) is 0 Å². The van der Waals surface area contributed by atoms with Gasteiger partial charge in [-0.05, 0) is 54.4 Å². The van der Waals surface area contributed by atoms with Gasteiger partial charge in [0.1, 0.15) is 17.6 Å². The smallest absolute Gasteiger partial charge is 0.121 e. The molecule has 0 aliphatic rings. The second kappa shape index (κ2) is 5.45. The highest BCUT2D eigenvalue weighted by atomic mass is 16.5. The first-order valence-electron chi connectivity index (χ1n) is 6.92. The second-order valence-corrected chi connectivity index (χ2v) is 5.08. The number of benzene rings is 2. The van der Waals surface area contributed by atoms with Crippen molar-refractivity contribution in [1.29, 1.82) is 5.26 Å². The molecule has 0 aliphatic carbocycles. The number of hydrogen-bond acceptors (Lipinski definition) is 3. The number of rotatable bonds is 3. The minimum atomic E-state index is 0.624. The van der Waals surface area contributed by atoms with Gasteiger partial charge in [-0.1, -0.05) is 0 Å². The van der Waals surface area contributed by atoms with Crippen LogP contribution in [0.4, 0.5) is 0 Å². The van der Waals surface area contributed by atoms with Crippen LogP contribution >= 0.6 is 0 Å². The van der Waals surface area contributed by atoms with Crippen LogP contribution in [-0.2, 0) is 0 Å². The Kier molecular flexibility index (Phi) is 3.48. The van der Waals surface area contributed by atoms with Crippen molar-refractivity contribution in [2.24, 2.45) is 0 Å². The van der Waals surface area contributed by atoms with Gasteiger partial charge in [-0.25, -0.2) is 0 Å². The maximum Gasteiger partial charge on any atom is 0.121 e. The van der Waals surface area contributed by atoms with Crippen LogP contribution < -0.4 is 9.47 Å². The lowest BCUT2D eigenvalue weighted by Gasteiger charge is -2.06. The van der Waals surface area contributed by atoms with Gasteiger partial charge < -0.3 is 14.5 Å². The number of nitrogens with zero attached hydrogens (tertiary/aromatic N) is 1. The van der Waals surface area contributed by atoms with Crippen LogP contribution in [0.15, 0.2) is 36.4 Å². The molecule has 4 heteroatoms. The van der Waals surface area contributed by atoms with Crippen molar-refractivity contribution in [3.8, 4) is 28.8 Å². The third-order valence-corrected chi connectivity index (χ3v) is 3.80. The van der Waals surface area contributed by atoms with Crippen LogP contribution in [-0.4, -0.2) is 19.2 Å². The molecule has 0 fully saturated rings. The molecule has 22 heavy (non-hydrogen) atoms. The van der Waals surface area contributed by atoms with Crippen molar-refractivity contribution < 1.29 is 9.47 Å². The van der Waals surface area contributed by atoms with Gasteiger partial charge in [-0.2, -0.15) is 5.26 Å². The molecular weight excluding hydrogens is 276 g/mol. The van der Waals surface area contributed by atoms with E-state index in [2.05, 4.69) is 11.1 Å². The van der Waals surface area contributed by atoms with Gasteiger partial charge in [0.05, 0.1) is 25.5 Å². The molecule has 0 saturated carbocycles. The van der Waals surface area contributed by atoms with Crippen molar-refractivity contribution in [3.05, 3.63) is 47.5 Å². The average Bonchev–Trinajstić information content (AvgIpc) is 2.92. The summed E-state index contributed by atoms with van der Waals surface area (Å²) in [5.41, 5.74) is 4.35. The zero-order valence-corrected chi connectivity index (χ0v) is 12.7. The fourth-order valence-electron chi connectivity index (χ4n) is 2.66. The zero-order valence-electron chi connectivity index (χ0n) is 12.7. The summed E-state index contributed by atoms with van der Waals surface area (Å²) >= 11 is 0. The Bertz CT molecular complexity index is 888. The molecule has 110 valence electrons. The Morgan fingerprint density at radius 1 is 1.05 bits per heavy atom. The number of ether oxygens (including phenoxy) is 2. The van der Waals surface area contributed by atoms with Crippen LogP contribution in [0.25, 0.3) is 22.2 Å². The molecule has 0 bridgehead atoms. The topological polar surface area (TPSA) is 58.0 Å². The Morgan fingerprint density at radius 3 is 2.50 bits per heavy atom. The first-order valence-corrected chi connectivity index (χ1v) is 6.92. The van der Waals surface area contributed by atoms with Crippen molar-refractivity contribution in [2.45, 2.75) is 6.92 Å². The monoisotopic (exact) mass is 292 g/mol. The first-order chi connectivity index (χ1) is 10.7. The van der Waals surface area contributed by atoms with Gasteiger partial charge in [0.2, 0.25) is 0 Å². The molecule has 0 unspecified atom stereocenters. The van der Waals surface area contributed by atoms with Crippen molar-refractivity contribution >= 4 is 10.9 Å². The first kappa shape index (κ1) is 14.0. The average molecular weight is 292 g/mol. The van der Waals surface area contributed by atoms with E-state index in [1.54, 1.807) is 14.2 Å². The van der Waals surface area contributed by atoms with Gasteiger partial charge in [0.15, 0.2) is 0 Å². The summed E-state index contributed by atoms with van der Waals surface area (Å²) in [7, 11) is 3.27. The number of aromatic nitrogens is 1. The molecule has 0 saturated heterocycles. The number of H-pyrrole nitrogens is 1. The summed E-state index contributed by atoms with van der Waals surface area (Å²) in [5, 5.41) is 10.4. The lowest BCUT2D eigenvalue weighted by Crippen LogP contribution is -1.89. The SMILES string of the molecule is COc1ccc2[nH]c(-c3ccc(OC)c(C)c3)c(C#N)c2c1. The third-order valence-electron chi connectivity index (χ3n) is 3.80. The van der Waals surface area contributed by atoms with E-state index in [1.807, 2.05) is 43.3 Å². The number of fused-ring (bicyclic) bond motifs is 1. The molecule has 0 amide bonds. The number of nitriles is 1. The molecule has 0 atom stereocenters.